The van der Waals surface area contributed by atoms with Crippen LogP contribution in [0.2, 0.25) is 0 Å². The fourth-order valence-corrected chi connectivity index (χ4v) is 2.67. The third-order valence-corrected chi connectivity index (χ3v) is 4.11. The van der Waals surface area contributed by atoms with Gasteiger partial charge in [0.15, 0.2) is 5.76 Å². The van der Waals surface area contributed by atoms with Crippen LogP contribution < -0.4 is 15.8 Å². The van der Waals surface area contributed by atoms with E-state index < -0.39 is 29.8 Å². The summed E-state index contributed by atoms with van der Waals surface area (Å²) in [6, 6.07) is 9.83. The third kappa shape index (κ3) is 5.21. The van der Waals surface area contributed by atoms with Gasteiger partial charge in [0.25, 0.3) is 5.91 Å². The van der Waals surface area contributed by atoms with Gasteiger partial charge in [0.2, 0.25) is 0 Å². The van der Waals surface area contributed by atoms with Gasteiger partial charge >= 0.3 is 12.1 Å². The summed E-state index contributed by atoms with van der Waals surface area (Å²) in [5, 5.41) is 2.00. The van der Waals surface area contributed by atoms with Gasteiger partial charge in [0.1, 0.15) is 23.4 Å². The number of imide groups is 1. The van der Waals surface area contributed by atoms with Gasteiger partial charge in [-0.05, 0) is 42.3 Å². The molecule has 2 aromatic rings. The smallest absolute Gasteiger partial charge is 0.419 e. The van der Waals surface area contributed by atoms with Crippen LogP contribution in [0.25, 0.3) is 6.08 Å². The van der Waals surface area contributed by atoms with Crippen LogP contribution in [0.4, 0.5) is 9.18 Å². The van der Waals surface area contributed by atoms with Crippen LogP contribution in [0.3, 0.4) is 0 Å². The molecule has 0 aromatic heterocycles. The summed E-state index contributed by atoms with van der Waals surface area (Å²) < 4.78 is 29.5. The average molecular weight is 414 g/mol. The van der Waals surface area contributed by atoms with E-state index in [0.717, 1.165) is 0 Å². The Kier molecular flexibility index (Phi) is 6.43. The van der Waals surface area contributed by atoms with Crippen molar-refractivity contribution in [3.05, 3.63) is 65.2 Å². The number of nitrogens with one attached hydrogen (secondary N) is 1. The molecule has 0 spiro atoms. The summed E-state index contributed by atoms with van der Waals surface area (Å²) in [6.45, 7) is 1.87. The molecule has 30 heavy (non-hydrogen) atoms. The number of amides is 2. The van der Waals surface area contributed by atoms with E-state index in [4.69, 9.17) is 19.9 Å². The molecule has 1 atom stereocenters. The summed E-state index contributed by atoms with van der Waals surface area (Å²) >= 11 is 0. The summed E-state index contributed by atoms with van der Waals surface area (Å²) in [5.41, 5.74) is 6.61. The number of cyclic esters (lactones) is 1. The lowest BCUT2D eigenvalue weighted by molar-refractivity contribution is -0.144. The molecule has 156 valence electrons. The summed E-state index contributed by atoms with van der Waals surface area (Å²) in [4.78, 5) is 34.1. The Morgan fingerprint density at radius 3 is 2.50 bits per heavy atom. The monoisotopic (exact) mass is 414 g/mol. The van der Waals surface area contributed by atoms with E-state index in [1.165, 1.54) is 18.2 Å². The maximum Gasteiger partial charge on any atom is 0.419 e. The first-order valence-corrected chi connectivity index (χ1v) is 9.09. The highest BCUT2D eigenvalue weighted by Gasteiger charge is 2.25. The predicted octanol–water partition coefficient (Wildman–Crippen LogP) is 2.66. The first-order valence-electron chi connectivity index (χ1n) is 9.09. The topological polar surface area (TPSA) is 117 Å². The van der Waals surface area contributed by atoms with Gasteiger partial charge in [-0.2, -0.15) is 0 Å². The first kappa shape index (κ1) is 21.0. The van der Waals surface area contributed by atoms with Crippen LogP contribution in [0.15, 0.2) is 48.2 Å². The zero-order valence-electron chi connectivity index (χ0n) is 16.0. The van der Waals surface area contributed by atoms with Gasteiger partial charge in [-0.3, -0.25) is 14.9 Å². The number of carbonyl (C=O) groups excluding carboxylic acids is 3. The van der Waals surface area contributed by atoms with Gasteiger partial charge in [-0.15, -0.1) is 0 Å². The predicted molar refractivity (Wildman–Crippen MR) is 104 cm³/mol. The number of halogens is 1. The lowest BCUT2D eigenvalue weighted by Gasteiger charge is -2.12. The molecule has 3 N–H and O–H groups in total. The Bertz CT molecular complexity index is 1000. The Morgan fingerprint density at radius 2 is 1.90 bits per heavy atom. The molecular weight excluding hydrogens is 395 g/mol. The Hall–Kier alpha value is -3.72. The molecule has 1 aliphatic heterocycles. The van der Waals surface area contributed by atoms with Crippen LogP contribution in [0, 0.1) is 5.82 Å². The van der Waals surface area contributed by atoms with Gasteiger partial charge in [0.05, 0.1) is 6.61 Å². The molecular formula is C21H19FN2O6. The lowest BCUT2D eigenvalue weighted by atomic mass is 10.1. The molecule has 1 heterocycles. The van der Waals surface area contributed by atoms with Crippen molar-refractivity contribution in [1.82, 2.24) is 5.32 Å². The fourth-order valence-electron chi connectivity index (χ4n) is 2.67. The van der Waals surface area contributed by atoms with E-state index in [1.807, 2.05) is 5.32 Å². The second-order valence-electron chi connectivity index (χ2n) is 6.34. The molecule has 8 nitrogen and oxygen atoms in total. The molecule has 1 aliphatic rings. The highest BCUT2D eigenvalue weighted by Crippen LogP contribution is 2.25. The number of benzene rings is 2. The minimum Gasteiger partial charge on any atom is -0.465 e. The Labute approximate surface area is 171 Å². The number of rotatable bonds is 7. The van der Waals surface area contributed by atoms with Crippen molar-refractivity contribution < 1.29 is 33.0 Å². The second-order valence-corrected chi connectivity index (χ2v) is 6.34. The molecule has 2 aromatic carbocycles. The zero-order valence-corrected chi connectivity index (χ0v) is 16.0. The van der Waals surface area contributed by atoms with E-state index in [-0.39, 0.29) is 30.1 Å². The SMILES string of the molecule is CCOC(=O)C(N)Cc1ccc(Oc2ccc(C=C3OC(=O)NC3=O)cc2)cc1F. The number of hydrogen-bond acceptors (Lipinski definition) is 7. The van der Waals surface area contributed by atoms with Crippen molar-refractivity contribution in [3.8, 4) is 11.5 Å². The summed E-state index contributed by atoms with van der Waals surface area (Å²) in [6.07, 6.45) is 0.595. The van der Waals surface area contributed by atoms with Crippen LogP contribution in [0.1, 0.15) is 18.1 Å². The Balaban J connectivity index is 1.64. The van der Waals surface area contributed by atoms with Crippen molar-refractivity contribution in [2.24, 2.45) is 5.73 Å². The minimum atomic E-state index is -0.950. The van der Waals surface area contributed by atoms with E-state index in [0.29, 0.717) is 11.3 Å². The molecule has 3 rings (SSSR count). The van der Waals surface area contributed by atoms with Gasteiger partial charge < -0.3 is 19.9 Å². The van der Waals surface area contributed by atoms with Crippen LogP contribution in [-0.2, 0) is 25.5 Å². The Morgan fingerprint density at radius 1 is 1.20 bits per heavy atom. The number of esters is 1. The number of hydrogen-bond donors (Lipinski definition) is 2. The zero-order chi connectivity index (χ0) is 21.7. The summed E-state index contributed by atoms with van der Waals surface area (Å²) in [5.74, 6) is -1.16. The van der Waals surface area contributed by atoms with Crippen molar-refractivity contribution in [3.63, 3.8) is 0 Å². The molecule has 0 aliphatic carbocycles. The molecule has 0 radical (unpaired) electrons. The van der Waals surface area contributed by atoms with Crippen LogP contribution in [-0.4, -0.2) is 30.6 Å². The number of alkyl carbamates (subject to hydrolysis) is 1. The molecule has 0 saturated carbocycles. The van der Waals surface area contributed by atoms with Crippen LogP contribution >= 0.6 is 0 Å². The van der Waals surface area contributed by atoms with Crippen molar-refractivity contribution >= 4 is 24.0 Å². The normalized spacial score (nSPS) is 15.5. The van der Waals surface area contributed by atoms with Crippen molar-refractivity contribution in [2.75, 3.05) is 6.61 Å². The quantitative estimate of drug-likeness (QED) is 0.528. The average Bonchev–Trinajstić information content (AvgIpc) is 3.02. The molecule has 1 fully saturated rings. The third-order valence-electron chi connectivity index (χ3n) is 4.11. The largest absolute Gasteiger partial charge is 0.465 e. The first-order chi connectivity index (χ1) is 14.4. The van der Waals surface area contributed by atoms with Gasteiger partial charge in [-0.1, -0.05) is 18.2 Å². The van der Waals surface area contributed by atoms with Crippen molar-refractivity contribution in [1.29, 1.82) is 0 Å². The maximum atomic E-state index is 14.3. The number of nitrogens with two attached hydrogens (primary N) is 1. The van der Waals surface area contributed by atoms with Gasteiger partial charge in [0, 0.05) is 12.5 Å². The minimum absolute atomic E-state index is 0.00641. The fraction of sp³-hybridized carbons (Fsp3) is 0.190. The van der Waals surface area contributed by atoms with E-state index in [1.54, 1.807) is 37.3 Å². The molecule has 1 saturated heterocycles. The van der Waals surface area contributed by atoms with Crippen LogP contribution in [0.5, 0.6) is 11.5 Å². The molecule has 0 bridgehead atoms. The molecule has 9 heteroatoms. The molecule has 1 unspecified atom stereocenters. The van der Waals surface area contributed by atoms with Gasteiger partial charge in [-0.25, -0.2) is 9.18 Å². The summed E-state index contributed by atoms with van der Waals surface area (Å²) in [7, 11) is 0. The maximum absolute atomic E-state index is 14.3. The highest BCUT2D eigenvalue weighted by molar-refractivity contribution is 6.09. The molecule has 2 amide bonds. The van der Waals surface area contributed by atoms with Crippen molar-refractivity contribution in [2.45, 2.75) is 19.4 Å². The van der Waals surface area contributed by atoms with E-state index in [2.05, 4.69) is 0 Å². The van der Waals surface area contributed by atoms with E-state index in [9.17, 15) is 18.8 Å². The second kappa shape index (κ2) is 9.19. The number of carbonyl (C=O) groups is 3. The standard InChI is InChI=1S/C21H19FN2O6/c1-2-28-20(26)17(23)10-13-5-8-15(11-16(13)22)29-14-6-3-12(4-7-14)9-18-19(25)24-21(27)30-18/h3-9,11,17H,2,10,23H2,1H3,(H,24,25,27). The van der Waals surface area contributed by atoms with E-state index >= 15 is 0 Å². The number of ether oxygens (including phenoxy) is 3. The lowest BCUT2D eigenvalue weighted by Crippen LogP contribution is -2.34. The highest BCUT2D eigenvalue weighted by atomic mass is 19.1.